The van der Waals surface area contributed by atoms with Crippen molar-refractivity contribution in [2.45, 2.75) is 59.6 Å². The first-order valence-electron chi connectivity index (χ1n) is 10.5. The average Bonchev–Trinajstić information content (AvgIpc) is 3.37. The van der Waals surface area contributed by atoms with E-state index in [1.165, 1.54) is 0 Å². The number of rotatable bonds is 6. The van der Waals surface area contributed by atoms with Crippen molar-refractivity contribution in [2.75, 3.05) is 11.9 Å². The Kier molecular flexibility index (Phi) is 5.46. The number of carbonyl (C=O) groups excluding carboxylic acids is 1. The van der Waals surface area contributed by atoms with E-state index in [-0.39, 0.29) is 12.0 Å². The normalized spacial score (nSPS) is 16.8. The van der Waals surface area contributed by atoms with Gasteiger partial charge in [0, 0.05) is 18.7 Å². The molecule has 1 amide bonds. The van der Waals surface area contributed by atoms with E-state index in [1.54, 1.807) is 0 Å². The second-order valence-electron chi connectivity index (χ2n) is 8.43. The molecule has 1 aliphatic rings. The first-order valence-corrected chi connectivity index (χ1v) is 10.5. The highest BCUT2D eigenvalue weighted by molar-refractivity contribution is 5.96. The molecule has 0 saturated carbocycles. The van der Waals surface area contributed by atoms with Crippen LogP contribution in [0.25, 0.3) is 22.4 Å². The summed E-state index contributed by atoms with van der Waals surface area (Å²) < 4.78 is 8.08. The Bertz CT molecular complexity index is 992. The highest BCUT2D eigenvalue weighted by Gasteiger charge is 2.26. The van der Waals surface area contributed by atoms with Gasteiger partial charge < -0.3 is 19.6 Å². The van der Waals surface area contributed by atoms with Crippen molar-refractivity contribution in [3.05, 3.63) is 35.5 Å². The van der Waals surface area contributed by atoms with E-state index in [4.69, 9.17) is 9.72 Å². The summed E-state index contributed by atoms with van der Waals surface area (Å²) in [4.78, 5) is 20.9. The highest BCUT2D eigenvalue weighted by atomic mass is 16.5. The number of nitrogens with zero attached hydrogens (tertiary/aromatic N) is 2. The number of anilines is 1. The summed E-state index contributed by atoms with van der Waals surface area (Å²) in [6.07, 6.45) is 2.82. The molecule has 0 unspecified atom stereocenters. The summed E-state index contributed by atoms with van der Waals surface area (Å²) in [7, 11) is 0. The first-order chi connectivity index (χ1) is 13.9. The number of imidazole rings is 1. The molecule has 1 aromatic carbocycles. The third-order valence-corrected chi connectivity index (χ3v) is 5.72. The fraction of sp³-hybridized carbons (Fsp3) is 0.478. The molecule has 4 rings (SSSR count). The number of aromatic amines is 1. The van der Waals surface area contributed by atoms with Gasteiger partial charge in [0.25, 0.3) is 0 Å². The summed E-state index contributed by atoms with van der Waals surface area (Å²) in [6, 6.07) is 8.00. The molecule has 1 fully saturated rings. The molecule has 29 heavy (non-hydrogen) atoms. The number of H-pyrrole nitrogens is 1. The monoisotopic (exact) mass is 394 g/mol. The van der Waals surface area contributed by atoms with Crippen LogP contribution in [0.5, 0.6) is 0 Å². The Labute approximate surface area is 171 Å². The lowest BCUT2D eigenvalue weighted by atomic mass is 10.1. The molecular weight excluding hydrogens is 364 g/mol. The van der Waals surface area contributed by atoms with Crippen LogP contribution in [-0.4, -0.2) is 33.2 Å². The van der Waals surface area contributed by atoms with Gasteiger partial charge in [-0.1, -0.05) is 26.0 Å². The third-order valence-electron chi connectivity index (χ3n) is 5.72. The molecule has 0 aliphatic carbocycles. The zero-order chi connectivity index (χ0) is 20.5. The zero-order valence-corrected chi connectivity index (χ0v) is 17.7. The van der Waals surface area contributed by atoms with Crippen molar-refractivity contribution in [2.24, 2.45) is 5.92 Å². The van der Waals surface area contributed by atoms with Crippen LogP contribution in [0, 0.1) is 19.8 Å². The molecule has 3 aromatic rings. The van der Waals surface area contributed by atoms with Crippen molar-refractivity contribution >= 4 is 22.8 Å². The van der Waals surface area contributed by atoms with Gasteiger partial charge in [0.1, 0.15) is 11.6 Å². The Morgan fingerprint density at radius 1 is 1.34 bits per heavy atom. The van der Waals surface area contributed by atoms with Crippen LogP contribution in [0.2, 0.25) is 0 Å². The summed E-state index contributed by atoms with van der Waals surface area (Å²) in [6.45, 7) is 9.87. The lowest BCUT2D eigenvalue weighted by Gasteiger charge is -2.17. The van der Waals surface area contributed by atoms with Crippen molar-refractivity contribution in [1.82, 2.24) is 14.5 Å². The lowest BCUT2D eigenvalue weighted by Crippen LogP contribution is -2.21. The minimum atomic E-state index is 0.0310. The molecule has 0 bridgehead atoms. The Morgan fingerprint density at radius 3 is 2.83 bits per heavy atom. The minimum absolute atomic E-state index is 0.0310. The van der Waals surface area contributed by atoms with E-state index in [1.807, 2.05) is 24.3 Å². The Hall–Kier alpha value is -2.60. The molecule has 6 heteroatoms. The number of fused-ring (bicyclic) bond motifs is 1. The van der Waals surface area contributed by atoms with Gasteiger partial charge in [-0.3, -0.25) is 4.79 Å². The maximum Gasteiger partial charge on any atom is 0.225 e. The average molecular weight is 395 g/mol. The largest absolute Gasteiger partial charge is 0.376 e. The molecule has 1 saturated heterocycles. The molecule has 6 nitrogen and oxygen atoms in total. The molecular formula is C23H30N4O2. The van der Waals surface area contributed by atoms with Crippen molar-refractivity contribution in [1.29, 1.82) is 0 Å². The van der Waals surface area contributed by atoms with E-state index in [2.05, 4.69) is 42.6 Å². The number of hydrogen-bond acceptors (Lipinski definition) is 3. The molecule has 0 spiro atoms. The van der Waals surface area contributed by atoms with Crippen molar-refractivity contribution < 1.29 is 9.53 Å². The summed E-state index contributed by atoms with van der Waals surface area (Å²) in [5, 5.41) is 3.20. The van der Waals surface area contributed by atoms with E-state index in [0.29, 0.717) is 12.3 Å². The summed E-state index contributed by atoms with van der Waals surface area (Å²) in [5.74, 6) is 1.94. The number of benzene rings is 1. The fourth-order valence-electron chi connectivity index (χ4n) is 4.13. The van der Waals surface area contributed by atoms with Crippen LogP contribution in [0.15, 0.2) is 24.3 Å². The van der Waals surface area contributed by atoms with Gasteiger partial charge in [0.2, 0.25) is 5.91 Å². The molecule has 1 aliphatic heterocycles. The summed E-state index contributed by atoms with van der Waals surface area (Å²) in [5.41, 5.74) is 5.14. The predicted molar refractivity (Wildman–Crippen MR) is 116 cm³/mol. The summed E-state index contributed by atoms with van der Waals surface area (Å²) >= 11 is 0. The second-order valence-corrected chi connectivity index (χ2v) is 8.43. The maximum absolute atomic E-state index is 12.7. The topological polar surface area (TPSA) is 71.9 Å². The standard InChI is InChI=1S/C23H30N4O2/c1-14(2)12-20(28)26-23-21(22-24-18-9-5-6-10-19(18)25-22)15(3)16(4)27(23)13-17-8-7-11-29-17/h5-6,9-10,14,17H,7-8,11-13H2,1-4H3,(H,24,25)(H,26,28)/t17-/m1/s1. The van der Waals surface area contributed by atoms with Gasteiger partial charge in [0.15, 0.2) is 0 Å². The predicted octanol–water partition coefficient (Wildman–Crippen LogP) is 4.81. The number of hydrogen-bond donors (Lipinski definition) is 2. The van der Waals surface area contributed by atoms with Crippen LogP contribution in [0.4, 0.5) is 5.82 Å². The molecule has 0 radical (unpaired) electrons. The fourth-order valence-corrected chi connectivity index (χ4v) is 4.13. The molecule has 2 N–H and O–H groups in total. The van der Waals surface area contributed by atoms with Gasteiger partial charge in [-0.2, -0.15) is 0 Å². The van der Waals surface area contributed by atoms with E-state index >= 15 is 0 Å². The number of para-hydroxylation sites is 2. The quantitative estimate of drug-likeness (QED) is 0.630. The van der Waals surface area contributed by atoms with Crippen LogP contribution in [-0.2, 0) is 16.1 Å². The van der Waals surface area contributed by atoms with Crippen LogP contribution >= 0.6 is 0 Å². The Morgan fingerprint density at radius 2 is 2.14 bits per heavy atom. The second kappa shape index (κ2) is 8.03. The maximum atomic E-state index is 12.7. The zero-order valence-electron chi connectivity index (χ0n) is 17.7. The van der Waals surface area contributed by atoms with Crippen LogP contribution < -0.4 is 5.32 Å². The third kappa shape index (κ3) is 3.94. The number of carbonyl (C=O) groups is 1. The molecule has 2 aromatic heterocycles. The van der Waals surface area contributed by atoms with Crippen LogP contribution in [0.3, 0.4) is 0 Å². The minimum Gasteiger partial charge on any atom is -0.376 e. The van der Waals surface area contributed by atoms with E-state index in [0.717, 1.165) is 65.5 Å². The van der Waals surface area contributed by atoms with Crippen molar-refractivity contribution in [3.8, 4) is 11.4 Å². The SMILES string of the molecule is Cc1c(-c2nc3ccccc3[nH]2)c(NC(=O)CC(C)C)n(C[C@H]2CCCO2)c1C. The first kappa shape index (κ1) is 19.7. The Balaban J connectivity index is 1.80. The van der Waals surface area contributed by atoms with Gasteiger partial charge in [0.05, 0.1) is 29.2 Å². The van der Waals surface area contributed by atoms with E-state index in [9.17, 15) is 4.79 Å². The number of ether oxygens (including phenoxy) is 1. The number of aromatic nitrogens is 3. The smallest absolute Gasteiger partial charge is 0.225 e. The van der Waals surface area contributed by atoms with Gasteiger partial charge >= 0.3 is 0 Å². The lowest BCUT2D eigenvalue weighted by molar-refractivity contribution is -0.116. The highest BCUT2D eigenvalue weighted by Crippen LogP contribution is 2.36. The van der Waals surface area contributed by atoms with Crippen LogP contribution in [0.1, 0.15) is 44.4 Å². The van der Waals surface area contributed by atoms with Gasteiger partial charge in [-0.15, -0.1) is 0 Å². The number of amides is 1. The van der Waals surface area contributed by atoms with Crippen molar-refractivity contribution in [3.63, 3.8) is 0 Å². The molecule has 154 valence electrons. The number of nitrogens with one attached hydrogen (secondary N) is 2. The molecule has 1 atom stereocenters. The van der Waals surface area contributed by atoms with Gasteiger partial charge in [-0.25, -0.2) is 4.98 Å². The van der Waals surface area contributed by atoms with E-state index < -0.39 is 0 Å². The van der Waals surface area contributed by atoms with Gasteiger partial charge in [-0.05, 0) is 50.3 Å². The molecule has 3 heterocycles.